The van der Waals surface area contributed by atoms with Gasteiger partial charge in [-0.25, -0.2) is 4.39 Å². The van der Waals surface area contributed by atoms with Gasteiger partial charge in [-0.05, 0) is 11.6 Å². The van der Waals surface area contributed by atoms with Crippen molar-refractivity contribution in [1.29, 1.82) is 0 Å². The number of halogens is 2. The number of hydrogen-bond acceptors (Lipinski definition) is 3. The summed E-state index contributed by atoms with van der Waals surface area (Å²) in [5.74, 6) is 0. The molecule has 4 nitrogen and oxygen atoms in total. The Hall–Kier alpha value is -1.01. The largest absolute Gasteiger partial charge is 0.327 e. The van der Waals surface area contributed by atoms with E-state index in [1.807, 2.05) is 0 Å². The molecule has 1 unspecified atom stereocenters. The summed E-state index contributed by atoms with van der Waals surface area (Å²) in [5, 5.41) is 10.4. The lowest BCUT2D eigenvalue weighted by Crippen LogP contribution is -2.07. The Balaban J connectivity index is 3.13. The van der Waals surface area contributed by atoms with Crippen LogP contribution in [0.1, 0.15) is 11.7 Å². The number of rotatable bonds is 3. The third-order valence-corrected chi connectivity index (χ3v) is 2.14. The van der Waals surface area contributed by atoms with Crippen molar-refractivity contribution in [2.75, 3.05) is 6.54 Å². The molecular formula is C8H8BrFN2O2. The average molecular weight is 263 g/mol. The first-order chi connectivity index (χ1) is 6.54. The molecule has 1 aromatic carbocycles. The number of hydrogen-bond donors (Lipinski definition) is 1. The highest BCUT2D eigenvalue weighted by Gasteiger charge is 2.14. The minimum absolute atomic E-state index is 0.148. The molecule has 0 heterocycles. The van der Waals surface area contributed by atoms with E-state index in [4.69, 9.17) is 5.73 Å². The number of non-ortho nitro benzene ring substituents is 1. The van der Waals surface area contributed by atoms with Crippen molar-refractivity contribution < 1.29 is 9.31 Å². The zero-order chi connectivity index (χ0) is 10.7. The van der Waals surface area contributed by atoms with Crippen LogP contribution in [0.2, 0.25) is 0 Å². The van der Waals surface area contributed by atoms with Gasteiger partial charge in [-0.15, -0.1) is 0 Å². The van der Waals surface area contributed by atoms with Gasteiger partial charge in [-0.2, -0.15) is 0 Å². The molecule has 1 atom stereocenters. The summed E-state index contributed by atoms with van der Waals surface area (Å²) in [4.78, 5) is 9.88. The number of alkyl halides is 1. The van der Waals surface area contributed by atoms with Crippen LogP contribution in [0.25, 0.3) is 0 Å². The predicted octanol–water partition coefficient (Wildman–Crippen LogP) is 2.33. The van der Waals surface area contributed by atoms with Gasteiger partial charge in [0.05, 0.1) is 4.92 Å². The summed E-state index contributed by atoms with van der Waals surface area (Å²) in [7, 11) is 0. The highest BCUT2D eigenvalue weighted by atomic mass is 79.9. The van der Waals surface area contributed by atoms with Crippen LogP contribution in [0.15, 0.2) is 22.7 Å². The van der Waals surface area contributed by atoms with Crippen LogP contribution < -0.4 is 5.73 Å². The average Bonchev–Trinajstić information content (AvgIpc) is 2.15. The third kappa shape index (κ3) is 2.49. The van der Waals surface area contributed by atoms with Gasteiger partial charge in [0.15, 0.2) is 0 Å². The minimum Gasteiger partial charge on any atom is -0.327 e. The van der Waals surface area contributed by atoms with Gasteiger partial charge in [0.25, 0.3) is 5.69 Å². The highest BCUT2D eigenvalue weighted by molar-refractivity contribution is 9.10. The van der Waals surface area contributed by atoms with Crippen LogP contribution in [-0.2, 0) is 0 Å². The standard InChI is InChI=1S/C8H8BrFN2O2/c9-6-1-5(8(10)4-11)2-7(3-6)12(13)14/h1-3,8H,4,11H2. The molecule has 1 aromatic rings. The van der Waals surface area contributed by atoms with Crippen LogP contribution in [0, 0.1) is 10.1 Å². The van der Waals surface area contributed by atoms with E-state index >= 15 is 0 Å². The Bertz CT molecular complexity index is 359. The van der Waals surface area contributed by atoms with Crippen LogP contribution in [-0.4, -0.2) is 11.5 Å². The van der Waals surface area contributed by atoms with Crippen LogP contribution in [0.4, 0.5) is 10.1 Å². The van der Waals surface area contributed by atoms with Crippen molar-refractivity contribution >= 4 is 21.6 Å². The molecule has 0 saturated heterocycles. The van der Waals surface area contributed by atoms with Crippen LogP contribution in [0.3, 0.4) is 0 Å². The lowest BCUT2D eigenvalue weighted by molar-refractivity contribution is -0.385. The molecule has 0 amide bonds. The van der Waals surface area contributed by atoms with E-state index in [0.29, 0.717) is 4.47 Å². The SMILES string of the molecule is NCC(F)c1cc(Br)cc([N+](=O)[O-])c1. The van der Waals surface area contributed by atoms with Gasteiger partial charge in [0.2, 0.25) is 0 Å². The summed E-state index contributed by atoms with van der Waals surface area (Å²) >= 11 is 3.07. The van der Waals surface area contributed by atoms with Gasteiger partial charge in [-0.3, -0.25) is 10.1 Å². The lowest BCUT2D eigenvalue weighted by atomic mass is 10.1. The maximum absolute atomic E-state index is 13.1. The molecule has 0 spiro atoms. The maximum atomic E-state index is 13.1. The Morgan fingerprint density at radius 2 is 2.21 bits per heavy atom. The second-order valence-corrected chi connectivity index (χ2v) is 3.62. The van der Waals surface area contributed by atoms with Crippen molar-refractivity contribution in [2.24, 2.45) is 5.73 Å². The van der Waals surface area contributed by atoms with Crippen molar-refractivity contribution in [3.05, 3.63) is 38.3 Å². The second-order valence-electron chi connectivity index (χ2n) is 2.70. The topological polar surface area (TPSA) is 69.2 Å². The van der Waals surface area contributed by atoms with Crippen molar-refractivity contribution in [3.8, 4) is 0 Å². The Labute approximate surface area is 88.2 Å². The molecule has 0 aromatic heterocycles. The number of benzene rings is 1. The van der Waals surface area contributed by atoms with Gasteiger partial charge < -0.3 is 5.73 Å². The predicted molar refractivity (Wildman–Crippen MR) is 53.7 cm³/mol. The lowest BCUT2D eigenvalue weighted by Gasteiger charge is -2.05. The van der Waals surface area contributed by atoms with Crippen LogP contribution >= 0.6 is 15.9 Å². The zero-order valence-electron chi connectivity index (χ0n) is 7.11. The number of nitro benzene ring substituents is 1. The number of nitrogens with two attached hydrogens (primary N) is 1. The monoisotopic (exact) mass is 262 g/mol. The minimum atomic E-state index is -1.37. The van der Waals surface area contributed by atoms with E-state index in [0.717, 1.165) is 0 Å². The van der Waals surface area contributed by atoms with Gasteiger partial charge in [0.1, 0.15) is 6.17 Å². The van der Waals surface area contributed by atoms with E-state index in [1.54, 1.807) is 0 Å². The molecule has 0 bridgehead atoms. The Kier molecular flexibility index (Phi) is 3.54. The normalized spacial score (nSPS) is 12.5. The summed E-state index contributed by atoms with van der Waals surface area (Å²) in [5.41, 5.74) is 5.19. The molecular weight excluding hydrogens is 255 g/mol. The molecule has 0 radical (unpaired) electrons. The van der Waals surface area contributed by atoms with Crippen molar-refractivity contribution in [2.45, 2.75) is 6.17 Å². The zero-order valence-corrected chi connectivity index (χ0v) is 8.70. The summed E-state index contributed by atoms with van der Waals surface area (Å²) in [6.45, 7) is -0.187. The highest BCUT2D eigenvalue weighted by Crippen LogP contribution is 2.26. The van der Waals surface area contributed by atoms with E-state index in [2.05, 4.69) is 15.9 Å². The fourth-order valence-electron chi connectivity index (χ4n) is 1.02. The van der Waals surface area contributed by atoms with Gasteiger partial charge in [0, 0.05) is 23.2 Å². The first kappa shape index (κ1) is 11.1. The first-order valence-corrected chi connectivity index (χ1v) is 4.63. The summed E-state index contributed by atoms with van der Waals surface area (Å²) in [6.07, 6.45) is -1.37. The molecule has 6 heteroatoms. The number of nitro groups is 1. The first-order valence-electron chi connectivity index (χ1n) is 3.83. The summed E-state index contributed by atoms with van der Waals surface area (Å²) < 4.78 is 13.6. The van der Waals surface area contributed by atoms with Gasteiger partial charge in [-0.1, -0.05) is 15.9 Å². The fraction of sp³-hybridized carbons (Fsp3) is 0.250. The molecule has 2 N–H and O–H groups in total. The molecule has 0 aliphatic heterocycles. The Morgan fingerprint density at radius 3 is 2.71 bits per heavy atom. The molecule has 14 heavy (non-hydrogen) atoms. The molecule has 76 valence electrons. The molecule has 0 aliphatic rings. The van der Waals surface area contributed by atoms with Crippen molar-refractivity contribution in [3.63, 3.8) is 0 Å². The molecule has 0 aliphatic carbocycles. The second kappa shape index (κ2) is 4.47. The molecule has 0 fully saturated rings. The van der Waals surface area contributed by atoms with Crippen molar-refractivity contribution in [1.82, 2.24) is 0 Å². The Morgan fingerprint density at radius 1 is 1.57 bits per heavy atom. The molecule has 1 rings (SSSR count). The van der Waals surface area contributed by atoms with Crippen LogP contribution in [0.5, 0.6) is 0 Å². The smallest absolute Gasteiger partial charge is 0.270 e. The van der Waals surface area contributed by atoms with Gasteiger partial charge >= 0.3 is 0 Å². The maximum Gasteiger partial charge on any atom is 0.270 e. The summed E-state index contributed by atoms with van der Waals surface area (Å²) in [6, 6.07) is 3.97. The number of nitrogens with zero attached hydrogens (tertiary/aromatic N) is 1. The fourth-order valence-corrected chi connectivity index (χ4v) is 1.52. The van der Waals surface area contributed by atoms with E-state index in [1.165, 1.54) is 18.2 Å². The molecule has 0 saturated carbocycles. The van der Waals surface area contributed by atoms with E-state index in [-0.39, 0.29) is 17.8 Å². The quantitative estimate of drug-likeness (QED) is 0.672. The van der Waals surface area contributed by atoms with E-state index in [9.17, 15) is 14.5 Å². The van der Waals surface area contributed by atoms with E-state index < -0.39 is 11.1 Å². The third-order valence-electron chi connectivity index (χ3n) is 1.68.